The molecule has 0 amide bonds. The lowest BCUT2D eigenvalue weighted by Gasteiger charge is -2.02. The van der Waals surface area contributed by atoms with Crippen LogP contribution in [0.15, 0.2) is 29.1 Å². The second kappa shape index (κ2) is 3.36. The van der Waals surface area contributed by atoms with Crippen LogP contribution in [0.2, 0.25) is 0 Å². The molecule has 0 aliphatic rings. The molecule has 0 saturated carbocycles. The van der Waals surface area contributed by atoms with Crippen LogP contribution in [0.25, 0.3) is 0 Å². The summed E-state index contributed by atoms with van der Waals surface area (Å²) in [6, 6.07) is 3.57. The zero-order chi connectivity index (χ0) is 9.10. The van der Waals surface area contributed by atoms with Crippen LogP contribution in [-0.2, 0) is 0 Å². The number of aromatic nitrogens is 3. The van der Waals surface area contributed by atoms with Crippen LogP contribution in [0.5, 0.6) is 0 Å². The Morgan fingerprint density at radius 2 is 2.54 bits per heavy atom. The highest BCUT2D eigenvalue weighted by molar-refractivity contribution is 7.79. The molecule has 0 aliphatic carbocycles. The lowest BCUT2D eigenvalue weighted by molar-refractivity contribution is 0.572. The van der Waals surface area contributed by atoms with Crippen molar-refractivity contribution in [3.63, 3.8) is 0 Å². The predicted molar refractivity (Wildman–Crippen MR) is 50.5 cm³/mol. The van der Waals surface area contributed by atoms with E-state index in [1.165, 1.54) is 11.7 Å². The van der Waals surface area contributed by atoms with E-state index < -0.39 is 0 Å². The number of rotatable bonds is 3. The van der Waals surface area contributed by atoms with Crippen LogP contribution >= 0.6 is 12.2 Å². The Kier molecular flexibility index (Phi) is 2.05. The largest absolute Gasteiger partial charge is 0.447 e. The molecular weight excluding hydrogens is 188 g/mol. The fraction of sp³-hybridized carbons (Fsp3) is 0. The second-order valence-corrected chi connectivity index (χ2v) is 2.50. The number of thiocarbonyl (C=S) groups is 1. The molecule has 0 fully saturated rings. The molecule has 6 heteroatoms. The molecule has 0 aliphatic heterocycles. The van der Waals surface area contributed by atoms with Crippen molar-refractivity contribution in [1.82, 2.24) is 14.9 Å². The van der Waals surface area contributed by atoms with E-state index in [1.807, 2.05) is 0 Å². The summed E-state index contributed by atoms with van der Waals surface area (Å²) in [5, 5.41) is 8.88. The van der Waals surface area contributed by atoms with Gasteiger partial charge in [0.1, 0.15) is 6.33 Å². The third-order valence-corrected chi connectivity index (χ3v) is 1.64. The molecule has 2 rings (SSSR count). The third-order valence-electron chi connectivity index (χ3n) is 1.43. The summed E-state index contributed by atoms with van der Waals surface area (Å²) in [4.78, 5) is 0. The van der Waals surface area contributed by atoms with E-state index in [9.17, 15) is 0 Å². The van der Waals surface area contributed by atoms with Crippen molar-refractivity contribution in [2.75, 3.05) is 5.43 Å². The maximum absolute atomic E-state index is 5.07. The van der Waals surface area contributed by atoms with Crippen molar-refractivity contribution in [2.45, 2.75) is 0 Å². The van der Waals surface area contributed by atoms with E-state index in [2.05, 4.69) is 15.6 Å². The van der Waals surface area contributed by atoms with Crippen LogP contribution in [0.3, 0.4) is 0 Å². The van der Waals surface area contributed by atoms with Gasteiger partial charge in [-0.25, -0.2) is 4.68 Å². The van der Waals surface area contributed by atoms with Crippen molar-refractivity contribution in [3.05, 3.63) is 30.5 Å². The highest BCUT2D eigenvalue weighted by Gasteiger charge is 2.00. The van der Waals surface area contributed by atoms with Gasteiger partial charge < -0.3 is 4.42 Å². The summed E-state index contributed by atoms with van der Waals surface area (Å²) in [7, 11) is 0. The molecule has 0 radical (unpaired) electrons. The first-order valence-corrected chi connectivity index (χ1v) is 4.03. The first kappa shape index (κ1) is 7.93. The first-order valence-electron chi connectivity index (χ1n) is 3.56. The number of anilines is 1. The number of furan rings is 1. The van der Waals surface area contributed by atoms with Gasteiger partial charge in [0.25, 0.3) is 0 Å². The van der Waals surface area contributed by atoms with Crippen LogP contribution < -0.4 is 5.43 Å². The van der Waals surface area contributed by atoms with E-state index in [0.717, 1.165) is 0 Å². The summed E-state index contributed by atoms with van der Waals surface area (Å²) < 4.78 is 6.65. The van der Waals surface area contributed by atoms with Gasteiger partial charge in [-0.05, 0) is 6.07 Å². The monoisotopic (exact) mass is 194 g/mol. The zero-order valence-corrected chi connectivity index (χ0v) is 7.36. The fourth-order valence-electron chi connectivity index (χ4n) is 0.871. The van der Waals surface area contributed by atoms with Crippen molar-refractivity contribution >= 4 is 23.5 Å². The van der Waals surface area contributed by atoms with E-state index in [1.54, 1.807) is 23.1 Å². The van der Waals surface area contributed by atoms with Crippen LogP contribution in [0, 0.1) is 0 Å². The van der Waals surface area contributed by atoms with Gasteiger partial charge in [0.2, 0.25) is 5.88 Å². The quantitative estimate of drug-likeness (QED) is 0.741. The van der Waals surface area contributed by atoms with Gasteiger partial charge in [-0.2, -0.15) is 0 Å². The van der Waals surface area contributed by atoms with Gasteiger partial charge in [0.05, 0.1) is 6.26 Å². The molecule has 1 N–H and O–H groups in total. The minimum absolute atomic E-state index is 0.561. The molecule has 0 spiro atoms. The number of hydrogen-bond donors (Lipinski definition) is 1. The SMILES string of the molecule is S=Cc1nncn1Nc1ccco1. The van der Waals surface area contributed by atoms with Crippen LogP contribution in [0.4, 0.5) is 5.88 Å². The number of nitrogens with zero attached hydrogens (tertiary/aromatic N) is 3. The second-order valence-electron chi connectivity index (χ2n) is 2.27. The summed E-state index contributed by atoms with van der Waals surface area (Å²) in [6.07, 6.45) is 3.09. The summed E-state index contributed by atoms with van der Waals surface area (Å²) >= 11 is 4.74. The van der Waals surface area contributed by atoms with Gasteiger partial charge >= 0.3 is 0 Å². The van der Waals surface area contributed by atoms with E-state index >= 15 is 0 Å². The summed E-state index contributed by atoms with van der Waals surface area (Å²) in [6.45, 7) is 0. The van der Waals surface area contributed by atoms with Crippen LogP contribution in [0.1, 0.15) is 5.82 Å². The molecule has 0 unspecified atom stereocenters. The maximum Gasteiger partial charge on any atom is 0.211 e. The van der Waals surface area contributed by atoms with Crippen molar-refractivity contribution < 1.29 is 4.42 Å². The van der Waals surface area contributed by atoms with E-state index in [4.69, 9.17) is 16.6 Å². The van der Waals surface area contributed by atoms with Crippen LogP contribution in [-0.4, -0.2) is 20.2 Å². The van der Waals surface area contributed by atoms with E-state index in [0.29, 0.717) is 11.7 Å². The minimum atomic E-state index is 0.561. The lowest BCUT2D eigenvalue weighted by atomic mass is 10.6. The Morgan fingerprint density at radius 3 is 3.23 bits per heavy atom. The average Bonchev–Trinajstić information content (AvgIpc) is 2.76. The van der Waals surface area contributed by atoms with E-state index in [-0.39, 0.29) is 0 Å². The van der Waals surface area contributed by atoms with Gasteiger partial charge in [-0.3, -0.25) is 5.43 Å². The Bertz CT molecular complexity index is 394. The first-order chi connectivity index (χ1) is 6.40. The molecular formula is C7H6N4OS. The molecule has 66 valence electrons. The molecule has 0 saturated heterocycles. The molecule has 13 heavy (non-hydrogen) atoms. The van der Waals surface area contributed by atoms with Crippen molar-refractivity contribution in [1.29, 1.82) is 0 Å². The standard InChI is InChI=1S/C7H6N4OS/c13-4-6-9-8-5-11(6)10-7-2-1-3-12-7/h1-5,10H. The molecule has 2 heterocycles. The van der Waals surface area contributed by atoms with Crippen molar-refractivity contribution in [2.24, 2.45) is 0 Å². The topological polar surface area (TPSA) is 55.9 Å². The Morgan fingerprint density at radius 1 is 1.62 bits per heavy atom. The highest BCUT2D eigenvalue weighted by atomic mass is 32.1. The van der Waals surface area contributed by atoms with Gasteiger partial charge in [0.15, 0.2) is 5.82 Å². The summed E-state index contributed by atoms with van der Waals surface area (Å²) in [5.74, 6) is 1.17. The maximum atomic E-state index is 5.07. The van der Waals surface area contributed by atoms with Gasteiger partial charge in [-0.1, -0.05) is 12.2 Å². The lowest BCUT2D eigenvalue weighted by Crippen LogP contribution is -2.10. The molecule has 0 bridgehead atoms. The zero-order valence-electron chi connectivity index (χ0n) is 6.54. The molecule has 0 atom stereocenters. The molecule has 2 aromatic heterocycles. The smallest absolute Gasteiger partial charge is 0.211 e. The van der Waals surface area contributed by atoms with Crippen molar-refractivity contribution in [3.8, 4) is 0 Å². The minimum Gasteiger partial charge on any atom is -0.447 e. The Hall–Kier alpha value is -1.69. The predicted octanol–water partition coefficient (Wildman–Crippen LogP) is 1.09. The van der Waals surface area contributed by atoms with Gasteiger partial charge in [-0.15, -0.1) is 10.2 Å². The Labute approximate surface area is 79.4 Å². The highest BCUT2D eigenvalue weighted by Crippen LogP contribution is 2.06. The molecule has 0 aromatic carbocycles. The number of hydrogen-bond acceptors (Lipinski definition) is 5. The number of nitrogens with one attached hydrogen (secondary N) is 1. The average molecular weight is 194 g/mol. The summed E-state index contributed by atoms with van der Waals surface area (Å²) in [5.41, 5.74) is 2.91. The molecule has 5 nitrogen and oxygen atoms in total. The molecule has 2 aromatic rings. The fourth-order valence-corrected chi connectivity index (χ4v) is 1.03. The Balaban J connectivity index is 2.23. The normalized spacial score (nSPS) is 9.85. The third kappa shape index (κ3) is 1.57. The van der Waals surface area contributed by atoms with Gasteiger partial charge in [0, 0.05) is 11.4 Å².